The zero-order valence-electron chi connectivity index (χ0n) is 15.8. The van der Waals surface area contributed by atoms with Crippen molar-refractivity contribution in [3.63, 3.8) is 0 Å². The second kappa shape index (κ2) is 9.21. The van der Waals surface area contributed by atoms with E-state index in [2.05, 4.69) is 9.80 Å². The van der Waals surface area contributed by atoms with Gasteiger partial charge >= 0.3 is 0 Å². The summed E-state index contributed by atoms with van der Waals surface area (Å²) < 4.78 is 16.1. The molecule has 0 N–H and O–H groups in total. The van der Waals surface area contributed by atoms with E-state index in [0.29, 0.717) is 32.8 Å². The van der Waals surface area contributed by atoms with Crippen LogP contribution >= 0.6 is 0 Å². The molecule has 3 rings (SSSR count). The fourth-order valence-corrected chi connectivity index (χ4v) is 3.46. The first-order valence-corrected chi connectivity index (χ1v) is 9.20. The van der Waals surface area contributed by atoms with E-state index < -0.39 is 0 Å². The number of hydrogen-bond acceptors (Lipinski definition) is 6. The van der Waals surface area contributed by atoms with Gasteiger partial charge in [-0.15, -0.1) is 0 Å². The summed E-state index contributed by atoms with van der Waals surface area (Å²) in [5.74, 6) is 1.95. The second-order valence-electron chi connectivity index (χ2n) is 6.72. The molecule has 1 aromatic carbocycles. The SMILES string of the molecule is COc1ccc(OC)c(CN2CCN(CC(=O)N3CCOCC3)CC2)c1. The molecule has 0 spiro atoms. The standard InChI is InChI=1S/C19H29N3O4/c1-24-17-3-4-18(25-2)16(13-17)14-20-5-7-21(8-6-20)15-19(23)22-9-11-26-12-10-22/h3-4,13H,5-12,14-15H2,1-2H3. The Morgan fingerprint density at radius 3 is 2.35 bits per heavy atom. The average Bonchev–Trinajstić information content (AvgIpc) is 2.70. The minimum atomic E-state index is 0.219. The number of morpholine rings is 1. The van der Waals surface area contributed by atoms with Gasteiger partial charge in [-0.2, -0.15) is 0 Å². The van der Waals surface area contributed by atoms with Crippen molar-refractivity contribution in [2.24, 2.45) is 0 Å². The first-order chi connectivity index (χ1) is 12.7. The number of carbonyl (C=O) groups excluding carboxylic acids is 1. The maximum Gasteiger partial charge on any atom is 0.236 e. The maximum atomic E-state index is 12.4. The van der Waals surface area contributed by atoms with Crippen molar-refractivity contribution in [3.8, 4) is 11.5 Å². The Morgan fingerprint density at radius 1 is 1.00 bits per heavy atom. The number of benzene rings is 1. The van der Waals surface area contributed by atoms with Gasteiger partial charge in [-0.05, 0) is 18.2 Å². The van der Waals surface area contributed by atoms with Crippen LogP contribution in [0.15, 0.2) is 18.2 Å². The quantitative estimate of drug-likeness (QED) is 0.741. The van der Waals surface area contributed by atoms with Crippen LogP contribution in [0.4, 0.5) is 0 Å². The summed E-state index contributed by atoms with van der Waals surface area (Å²) in [5.41, 5.74) is 1.13. The van der Waals surface area contributed by atoms with Crippen molar-refractivity contribution in [1.82, 2.24) is 14.7 Å². The van der Waals surface area contributed by atoms with Crippen molar-refractivity contribution in [1.29, 1.82) is 0 Å². The lowest BCUT2D eigenvalue weighted by atomic mass is 10.1. The molecule has 2 saturated heterocycles. The summed E-state index contributed by atoms with van der Waals surface area (Å²) in [7, 11) is 3.37. The lowest BCUT2D eigenvalue weighted by Gasteiger charge is -2.36. The summed E-state index contributed by atoms with van der Waals surface area (Å²) in [6, 6.07) is 5.90. The molecule has 0 saturated carbocycles. The molecule has 26 heavy (non-hydrogen) atoms. The van der Waals surface area contributed by atoms with Crippen LogP contribution in [0.2, 0.25) is 0 Å². The van der Waals surface area contributed by atoms with E-state index in [-0.39, 0.29) is 5.91 Å². The fraction of sp³-hybridized carbons (Fsp3) is 0.632. The zero-order chi connectivity index (χ0) is 18.4. The van der Waals surface area contributed by atoms with Crippen LogP contribution in [-0.2, 0) is 16.1 Å². The monoisotopic (exact) mass is 363 g/mol. The number of methoxy groups -OCH3 is 2. The largest absolute Gasteiger partial charge is 0.497 e. The Labute approximate surface area is 155 Å². The molecule has 0 atom stereocenters. The highest BCUT2D eigenvalue weighted by Gasteiger charge is 2.23. The van der Waals surface area contributed by atoms with Crippen molar-refractivity contribution < 1.29 is 19.0 Å². The molecule has 0 aliphatic carbocycles. The van der Waals surface area contributed by atoms with Crippen LogP contribution in [0, 0.1) is 0 Å². The molecule has 1 amide bonds. The number of ether oxygens (including phenoxy) is 3. The Hall–Kier alpha value is -1.83. The number of carbonyl (C=O) groups is 1. The number of rotatable bonds is 6. The van der Waals surface area contributed by atoms with E-state index in [1.165, 1.54) is 0 Å². The third kappa shape index (κ3) is 4.87. The summed E-state index contributed by atoms with van der Waals surface area (Å²) >= 11 is 0. The van der Waals surface area contributed by atoms with Gasteiger partial charge in [0.05, 0.1) is 34.0 Å². The molecular formula is C19H29N3O4. The Bertz CT molecular complexity index is 596. The predicted molar refractivity (Wildman–Crippen MR) is 98.7 cm³/mol. The van der Waals surface area contributed by atoms with Crippen LogP contribution < -0.4 is 9.47 Å². The van der Waals surface area contributed by atoms with Crippen molar-refractivity contribution >= 4 is 5.91 Å². The molecule has 0 unspecified atom stereocenters. The molecular weight excluding hydrogens is 334 g/mol. The molecule has 0 radical (unpaired) electrons. The third-order valence-electron chi connectivity index (χ3n) is 5.07. The fourth-order valence-electron chi connectivity index (χ4n) is 3.46. The molecule has 2 aliphatic rings. The summed E-state index contributed by atoms with van der Waals surface area (Å²) in [6.07, 6.45) is 0. The first kappa shape index (κ1) is 18.9. The summed E-state index contributed by atoms with van der Waals surface area (Å²) in [5, 5.41) is 0. The normalized spacial score (nSPS) is 19.4. The minimum Gasteiger partial charge on any atom is -0.497 e. The van der Waals surface area contributed by atoms with Crippen LogP contribution in [0.1, 0.15) is 5.56 Å². The first-order valence-electron chi connectivity index (χ1n) is 9.20. The molecule has 0 bridgehead atoms. The lowest BCUT2D eigenvalue weighted by Crippen LogP contribution is -2.51. The van der Waals surface area contributed by atoms with Crippen molar-refractivity contribution in [2.45, 2.75) is 6.54 Å². The zero-order valence-corrected chi connectivity index (χ0v) is 15.8. The maximum absolute atomic E-state index is 12.4. The molecule has 1 aromatic rings. The Balaban J connectivity index is 1.48. The van der Waals surface area contributed by atoms with Gasteiger partial charge in [0, 0.05) is 51.4 Å². The molecule has 2 fully saturated rings. The Kier molecular flexibility index (Phi) is 6.71. The summed E-state index contributed by atoms with van der Waals surface area (Å²) in [6.45, 7) is 7.77. The van der Waals surface area contributed by atoms with Gasteiger partial charge in [0.1, 0.15) is 11.5 Å². The van der Waals surface area contributed by atoms with E-state index in [1.807, 2.05) is 23.1 Å². The lowest BCUT2D eigenvalue weighted by molar-refractivity contribution is -0.136. The van der Waals surface area contributed by atoms with Gasteiger partial charge in [0.25, 0.3) is 0 Å². The second-order valence-corrected chi connectivity index (χ2v) is 6.72. The van der Waals surface area contributed by atoms with Gasteiger partial charge < -0.3 is 19.1 Å². The van der Waals surface area contributed by atoms with Gasteiger partial charge in [0.15, 0.2) is 0 Å². The highest BCUT2D eigenvalue weighted by Crippen LogP contribution is 2.25. The molecule has 144 valence electrons. The van der Waals surface area contributed by atoms with Crippen LogP contribution in [-0.4, -0.2) is 93.9 Å². The molecule has 2 heterocycles. The van der Waals surface area contributed by atoms with E-state index in [0.717, 1.165) is 49.8 Å². The summed E-state index contributed by atoms with van der Waals surface area (Å²) in [4.78, 5) is 18.9. The average molecular weight is 363 g/mol. The smallest absolute Gasteiger partial charge is 0.236 e. The van der Waals surface area contributed by atoms with Gasteiger partial charge in [-0.1, -0.05) is 0 Å². The van der Waals surface area contributed by atoms with E-state index in [9.17, 15) is 4.79 Å². The van der Waals surface area contributed by atoms with Crippen LogP contribution in [0.3, 0.4) is 0 Å². The molecule has 7 heteroatoms. The Morgan fingerprint density at radius 2 is 1.69 bits per heavy atom. The van der Waals surface area contributed by atoms with Crippen LogP contribution in [0.5, 0.6) is 11.5 Å². The van der Waals surface area contributed by atoms with Crippen LogP contribution in [0.25, 0.3) is 0 Å². The number of piperazine rings is 1. The molecule has 2 aliphatic heterocycles. The topological polar surface area (TPSA) is 54.5 Å². The number of nitrogens with zero attached hydrogens (tertiary/aromatic N) is 3. The minimum absolute atomic E-state index is 0.219. The highest BCUT2D eigenvalue weighted by atomic mass is 16.5. The van der Waals surface area contributed by atoms with Crippen molar-refractivity contribution in [2.75, 3.05) is 73.2 Å². The third-order valence-corrected chi connectivity index (χ3v) is 5.07. The predicted octanol–water partition coefficient (Wildman–Crippen LogP) is 0.680. The molecule has 0 aromatic heterocycles. The van der Waals surface area contributed by atoms with Crippen molar-refractivity contribution in [3.05, 3.63) is 23.8 Å². The van der Waals surface area contributed by atoms with Gasteiger partial charge in [-0.25, -0.2) is 0 Å². The highest BCUT2D eigenvalue weighted by molar-refractivity contribution is 5.78. The van der Waals surface area contributed by atoms with Gasteiger partial charge in [0.2, 0.25) is 5.91 Å². The van der Waals surface area contributed by atoms with E-state index in [4.69, 9.17) is 14.2 Å². The van der Waals surface area contributed by atoms with E-state index >= 15 is 0 Å². The number of amides is 1. The van der Waals surface area contributed by atoms with Gasteiger partial charge in [-0.3, -0.25) is 14.6 Å². The number of hydrogen-bond donors (Lipinski definition) is 0. The van der Waals surface area contributed by atoms with E-state index in [1.54, 1.807) is 14.2 Å². The molecule has 7 nitrogen and oxygen atoms in total.